The number of likely N-dealkylation sites (N-methyl/N-ethyl adjacent to an activating group) is 1. The lowest BCUT2D eigenvalue weighted by Crippen LogP contribution is -2.38. The first-order chi connectivity index (χ1) is 13.0. The maximum Gasteiger partial charge on any atom is 0.274 e. The smallest absolute Gasteiger partial charge is 0.274 e. The molecule has 0 unspecified atom stereocenters. The fourth-order valence-electron chi connectivity index (χ4n) is 2.79. The van der Waals surface area contributed by atoms with Gasteiger partial charge >= 0.3 is 0 Å². The Bertz CT molecular complexity index is 980. The van der Waals surface area contributed by atoms with Crippen LogP contribution >= 0.6 is 0 Å². The van der Waals surface area contributed by atoms with Gasteiger partial charge in [0.2, 0.25) is 5.91 Å². The van der Waals surface area contributed by atoms with Gasteiger partial charge in [-0.25, -0.2) is 4.98 Å². The van der Waals surface area contributed by atoms with Crippen LogP contribution in [0.25, 0.3) is 5.65 Å². The molecule has 0 radical (unpaired) electrons. The van der Waals surface area contributed by atoms with Crippen LogP contribution in [-0.2, 0) is 4.79 Å². The summed E-state index contributed by atoms with van der Waals surface area (Å²) in [6.07, 6.45) is 3.54. The fourth-order valence-corrected chi connectivity index (χ4v) is 2.79. The second-order valence-electron chi connectivity index (χ2n) is 6.16. The van der Waals surface area contributed by atoms with Gasteiger partial charge < -0.3 is 19.4 Å². The number of pyridine rings is 1. The SMILES string of the molecule is CCN(CC(=O)Nc1ccccc1OC)C(=O)c1cn2ccc(C)cc2n1. The number of hydrogen-bond acceptors (Lipinski definition) is 4. The monoisotopic (exact) mass is 366 g/mol. The lowest BCUT2D eigenvalue weighted by molar-refractivity contribution is -0.116. The maximum atomic E-state index is 12.8. The number of benzene rings is 1. The van der Waals surface area contributed by atoms with Crippen LogP contribution in [0.5, 0.6) is 5.75 Å². The number of carbonyl (C=O) groups excluding carboxylic acids is 2. The number of nitrogens with zero attached hydrogens (tertiary/aromatic N) is 3. The van der Waals surface area contributed by atoms with E-state index < -0.39 is 0 Å². The quantitative estimate of drug-likeness (QED) is 0.728. The molecule has 0 fully saturated rings. The third-order valence-corrected chi connectivity index (χ3v) is 4.22. The summed E-state index contributed by atoms with van der Waals surface area (Å²) < 4.78 is 7.02. The molecule has 2 aromatic heterocycles. The number of aryl methyl sites for hydroxylation is 1. The van der Waals surface area contributed by atoms with Crippen molar-refractivity contribution in [2.75, 3.05) is 25.5 Å². The molecular weight excluding hydrogens is 344 g/mol. The molecule has 140 valence electrons. The first-order valence-electron chi connectivity index (χ1n) is 8.69. The standard InChI is InChI=1S/C20H22N4O3/c1-4-23(13-19(25)22-15-7-5-6-8-17(15)27-3)20(26)16-12-24-10-9-14(2)11-18(24)21-16/h5-12H,4,13H2,1-3H3,(H,22,25). The molecule has 0 saturated heterocycles. The number of aromatic nitrogens is 2. The molecule has 3 aromatic rings. The Morgan fingerprint density at radius 2 is 2.04 bits per heavy atom. The van der Waals surface area contributed by atoms with Crippen LogP contribution in [-0.4, -0.2) is 46.3 Å². The van der Waals surface area contributed by atoms with Crippen molar-refractivity contribution in [2.45, 2.75) is 13.8 Å². The van der Waals surface area contributed by atoms with Crippen molar-refractivity contribution in [1.82, 2.24) is 14.3 Å². The molecular formula is C20H22N4O3. The normalized spacial score (nSPS) is 10.6. The number of hydrogen-bond donors (Lipinski definition) is 1. The molecule has 2 amide bonds. The first kappa shape index (κ1) is 18.4. The molecule has 0 aliphatic heterocycles. The summed E-state index contributed by atoms with van der Waals surface area (Å²) in [5, 5.41) is 2.78. The van der Waals surface area contributed by atoms with Gasteiger partial charge in [-0.3, -0.25) is 9.59 Å². The van der Waals surface area contributed by atoms with Crippen molar-refractivity contribution in [2.24, 2.45) is 0 Å². The zero-order valence-corrected chi connectivity index (χ0v) is 15.6. The number of amides is 2. The van der Waals surface area contributed by atoms with E-state index in [9.17, 15) is 9.59 Å². The number of rotatable bonds is 6. The zero-order chi connectivity index (χ0) is 19.4. The van der Waals surface area contributed by atoms with E-state index in [1.807, 2.05) is 38.2 Å². The summed E-state index contributed by atoms with van der Waals surface area (Å²) >= 11 is 0. The predicted octanol–water partition coefficient (Wildman–Crippen LogP) is 2.75. The van der Waals surface area contributed by atoms with Gasteiger partial charge in [0.15, 0.2) is 0 Å². The molecule has 0 aliphatic rings. The fraction of sp³-hybridized carbons (Fsp3) is 0.250. The van der Waals surface area contributed by atoms with Gasteiger partial charge in [0.25, 0.3) is 5.91 Å². The van der Waals surface area contributed by atoms with Crippen LogP contribution in [0.3, 0.4) is 0 Å². The number of methoxy groups -OCH3 is 1. The molecule has 0 bridgehead atoms. The Labute approximate surface area is 157 Å². The van der Waals surface area contributed by atoms with Gasteiger partial charge in [-0.1, -0.05) is 12.1 Å². The Kier molecular flexibility index (Phi) is 5.40. The number of fused-ring (bicyclic) bond motifs is 1. The molecule has 1 aromatic carbocycles. The van der Waals surface area contributed by atoms with E-state index in [0.717, 1.165) is 5.56 Å². The van der Waals surface area contributed by atoms with Crippen LogP contribution in [0.15, 0.2) is 48.8 Å². The molecule has 27 heavy (non-hydrogen) atoms. The van der Waals surface area contributed by atoms with E-state index in [1.165, 1.54) is 12.0 Å². The van der Waals surface area contributed by atoms with Crippen LogP contribution in [0.2, 0.25) is 0 Å². The minimum Gasteiger partial charge on any atom is -0.495 e. The third-order valence-electron chi connectivity index (χ3n) is 4.22. The minimum absolute atomic E-state index is 0.0692. The lowest BCUT2D eigenvalue weighted by Gasteiger charge is -2.19. The van der Waals surface area contributed by atoms with Gasteiger partial charge in [-0.05, 0) is 43.7 Å². The zero-order valence-electron chi connectivity index (χ0n) is 15.6. The summed E-state index contributed by atoms with van der Waals surface area (Å²) in [4.78, 5) is 31.0. The largest absolute Gasteiger partial charge is 0.495 e. The van der Waals surface area contributed by atoms with Crippen molar-refractivity contribution in [3.8, 4) is 5.75 Å². The Morgan fingerprint density at radius 1 is 1.26 bits per heavy atom. The number of nitrogens with one attached hydrogen (secondary N) is 1. The van der Waals surface area contributed by atoms with Crippen molar-refractivity contribution in [1.29, 1.82) is 0 Å². The van der Waals surface area contributed by atoms with Crippen LogP contribution in [0, 0.1) is 6.92 Å². The van der Waals surface area contributed by atoms with Gasteiger partial charge in [0, 0.05) is 18.9 Å². The molecule has 2 heterocycles. The van der Waals surface area contributed by atoms with Crippen molar-refractivity contribution < 1.29 is 14.3 Å². The molecule has 7 nitrogen and oxygen atoms in total. The number of imidazole rings is 1. The van der Waals surface area contributed by atoms with Gasteiger partial charge in [0.05, 0.1) is 12.8 Å². The third kappa shape index (κ3) is 4.08. The van der Waals surface area contributed by atoms with Gasteiger partial charge in [-0.15, -0.1) is 0 Å². The highest BCUT2D eigenvalue weighted by Gasteiger charge is 2.20. The summed E-state index contributed by atoms with van der Waals surface area (Å²) in [5.74, 6) is -0.0146. The van der Waals surface area contributed by atoms with Gasteiger partial charge in [0.1, 0.15) is 23.6 Å². The first-order valence-corrected chi connectivity index (χ1v) is 8.69. The number of ether oxygens (including phenoxy) is 1. The van der Waals surface area contributed by atoms with Gasteiger partial charge in [-0.2, -0.15) is 0 Å². The summed E-state index contributed by atoms with van der Waals surface area (Å²) in [7, 11) is 1.54. The topological polar surface area (TPSA) is 75.9 Å². The maximum absolute atomic E-state index is 12.8. The summed E-state index contributed by atoms with van der Waals surface area (Å²) in [6, 6.07) is 11.0. The highest BCUT2D eigenvalue weighted by Crippen LogP contribution is 2.22. The van der Waals surface area contributed by atoms with E-state index in [2.05, 4.69) is 10.3 Å². The second kappa shape index (κ2) is 7.90. The molecule has 0 atom stereocenters. The van der Waals surface area contributed by atoms with E-state index in [-0.39, 0.29) is 18.4 Å². The number of anilines is 1. The second-order valence-corrected chi connectivity index (χ2v) is 6.16. The van der Waals surface area contributed by atoms with Crippen LogP contribution in [0.4, 0.5) is 5.69 Å². The molecule has 1 N–H and O–H groups in total. The molecule has 3 rings (SSSR count). The summed E-state index contributed by atoms with van der Waals surface area (Å²) in [6.45, 7) is 4.12. The van der Waals surface area contributed by atoms with Crippen LogP contribution in [0.1, 0.15) is 23.0 Å². The molecule has 0 aliphatic carbocycles. The van der Waals surface area contributed by atoms with E-state index in [0.29, 0.717) is 29.3 Å². The molecule has 0 saturated carbocycles. The Morgan fingerprint density at radius 3 is 2.78 bits per heavy atom. The van der Waals surface area contributed by atoms with Crippen molar-refractivity contribution in [3.63, 3.8) is 0 Å². The van der Waals surface area contributed by atoms with E-state index >= 15 is 0 Å². The van der Waals surface area contributed by atoms with E-state index in [1.54, 1.807) is 28.8 Å². The highest BCUT2D eigenvalue weighted by atomic mass is 16.5. The average molecular weight is 366 g/mol. The van der Waals surface area contributed by atoms with Crippen LogP contribution < -0.4 is 10.1 Å². The highest BCUT2D eigenvalue weighted by molar-refractivity contribution is 5.99. The minimum atomic E-state index is -0.297. The lowest BCUT2D eigenvalue weighted by atomic mass is 10.3. The summed E-state index contributed by atoms with van der Waals surface area (Å²) in [5.41, 5.74) is 2.65. The Balaban J connectivity index is 1.73. The van der Waals surface area contributed by atoms with Crippen molar-refractivity contribution in [3.05, 3.63) is 60.0 Å². The molecule has 7 heteroatoms. The Hall–Kier alpha value is -3.35. The number of carbonyl (C=O) groups is 2. The number of para-hydroxylation sites is 2. The average Bonchev–Trinajstić information content (AvgIpc) is 3.09. The van der Waals surface area contributed by atoms with E-state index in [4.69, 9.17) is 4.74 Å². The molecule has 0 spiro atoms. The predicted molar refractivity (Wildman–Crippen MR) is 103 cm³/mol. The van der Waals surface area contributed by atoms with Crippen molar-refractivity contribution >= 4 is 23.1 Å².